The van der Waals surface area contributed by atoms with Crippen LogP contribution in [-0.2, 0) is 4.74 Å². The Kier molecular flexibility index (Phi) is 5.50. The molecular weight excluding hydrogens is 144 g/mol. The monoisotopic (exact) mass is 160 g/mol. The van der Waals surface area contributed by atoms with Gasteiger partial charge < -0.3 is 10.5 Å². The first-order valence-corrected chi connectivity index (χ1v) is 3.49. The zero-order chi connectivity index (χ0) is 8.69. The SMILES string of the molecule is COCCC(C)N=C(N)NN. The predicted octanol–water partition coefficient (Wildman–Crippen LogP) is -0.811. The van der Waals surface area contributed by atoms with Crippen molar-refractivity contribution in [2.24, 2.45) is 16.6 Å². The summed E-state index contributed by atoms with van der Waals surface area (Å²) in [5, 5.41) is 0. The lowest BCUT2D eigenvalue weighted by Crippen LogP contribution is -2.37. The molecule has 0 fully saturated rings. The summed E-state index contributed by atoms with van der Waals surface area (Å²) in [5.74, 6) is 5.27. The lowest BCUT2D eigenvalue weighted by molar-refractivity contribution is 0.190. The molecule has 0 aromatic carbocycles. The number of nitrogens with zero attached hydrogens (tertiary/aromatic N) is 1. The summed E-state index contributed by atoms with van der Waals surface area (Å²) < 4.78 is 4.87. The van der Waals surface area contributed by atoms with E-state index in [4.69, 9.17) is 16.3 Å². The molecule has 0 aliphatic carbocycles. The number of hydrazine groups is 1. The van der Waals surface area contributed by atoms with E-state index in [1.807, 2.05) is 6.92 Å². The van der Waals surface area contributed by atoms with Crippen molar-refractivity contribution in [3.8, 4) is 0 Å². The molecule has 0 heterocycles. The molecule has 0 radical (unpaired) electrons. The molecule has 5 nitrogen and oxygen atoms in total. The van der Waals surface area contributed by atoms with Gasteiger partial charge in [0.1, 0.15) is 0 Å². The van der Waals surface area contributed by atoms with Crippen molar-refractivity contribution in [3.05, 3.63) is 0 Å². The van der Waals surface area contributed by atoms with Gasteiger partial charge in [0.25, 0.3) is 0 Å². The molecule has 66 valence electrons. The molecule has 0 aromatic heterocycles. The van der Waals surface area contributed by atoms with E-state index in [-0.39, 0.29) is 12.0 Å². The molecule has 0 spiro atoms. The van der Waals surface area contributed by atoms with Crippen LogP contribution in [0.25, 0.3) is 0 Å². The van der Waals surface area contributed by atoms with Crippen LogP contribution in [0.4, 0.5) is 0 Å². The summed E-state index contributed by atoms with van der Waals surface area (Å²) >= 11 is 0. The van der Waals surface area contributed by atoms with E-state index in [0.717, 1.165) is 6.42 Å². The van der Waals surface area contributed by atoms with Crippen LogP contribution in [0, 0.1) is 0 Å². The van der Waals surface area contributed by atoms with Gasteiger partial charge >= 0.3 is 0 Å². The van der Waals surface area contributed by atoms with E-state index < -0.39 is 0 Å². The van der Waals surface area contributed by atoms with Crippen LogP contribution in [0.3, 0.4) is 0 Å². The minimum absolute atomic E-state index is 0.144. The van der Waals surface area contributed by atoms with Gasteiger partial charge in [-0.2, -0.15) is 0 Å². The Bertz CT molecular complexity index is 126. The van der Waals surface area contributed by atoms with Crippen molar-refractivity contribution >= 4 is 5.96 Å². The van der Waals surface area contributed by atoms with Gasteiger partial charge in [0.05, 0.1) is 6.04 Å². The summed E-state index contributed by atoms with van der Waals surface area (Å²) in [7, 11) is 1.65. The molecular formula is C6H16N4O. The van der Waals surface area contributed by atoms with Crippen LogP contribution >= 0.6 is 0 Å². The fourth-order valence-electron chi connectivity index (χ4n) is 0.628. The standard InChI is InChI=1S/C6H16N4O/c1-5(3-4-11-2)9-6(7)10-8/h5H,3-4,8H2,1-2H3,(H3,7,9,10). The zero-order valence-corrected chi connectivity index (χ0v) is 7.00. The van der Waals surface area contributed by atoms with Gasteiger partial charge in [-0.1, -0.05) is 0 Å². The summed E-state index contributed by atoms with van der Waals surface area (Å²) in [6.45, 7) is 2.63. The lowest BCUT2D eigenvalue weighted by atomic mass is 10.3. The Morgan fingerprint density at radius 2 is 2.36 bits per heavy atom. The number of guanidine groups is 1. The maximum atomic E-state index is 5.32. The maximum Gasteiger partial charge on any atom is 0.203 e. The van der Waals surface area contributed by atoms with Crippen molar-refractivity contribution < 1.29 is 4.74 Å². The normalized spacial score (nSPS) is 14.6. The lowest BCUT2D eigenvalue weighted by Gasteiger charge is -2.06. The molecule has 0 aromatic rings. The maximum absolute atomic E-state index is 5.32. The van der Waals surface area contributed by atoms with Gasteiger partial charge in [-0.05, 0) is 13.3 Å². The highest BCUT2D eigenvalue weighted by Crippen LogP contribution is 1.95. The van der Waals surface area contributed by atoms with Crippen LogP contribution < -0.4 is 17.0 Å². The molecule has 0 amide bonds. The first kappa shape index (κ1) is 10.2. The largest absolute Gasteiger partial charge is 0.385 e. The Labute approximate surface area is 66.8 Å². The van der Waals surface area contributed by atoms with Crippen molar-refractivity contribution in [2.75, 3.05) is 13.7 Å². The fraction of sp³-hybridized carbons (Fsp3) is 0.833. The van der Waals surface area contributed by atoms with Crippen molar-refractivity contribution in [3.63, 3.8) is 0 Å². The number of hydrogen-bond donors (Lipinski definition) is 3. The summed E-state index contributed by atoms with van der Waals surface area (Å²) in [4.78, 5) is 4.01. The molecule has 5 N–H and O–H groups in total. The predicted molar refractivity (Wildman–Crippen MR) is 44.9 cm³/mol. The van der Waals surface area contributed by atoms with Gasteiger partial charge in [0.2, 0.25) is 5.96 Å². The summed E-state index contributed by atoms with van der Waals surface area (Å²) in [6, 6.07) is 0.144. The van der Waals surface area contributed by atoms with Crippen LogP contribution in [0.15, 0.2) is 4.99 Å². The second-order valence-electron chi connectivity index (χ2n) is 2.29. The molecule has 11 heavy (non-hydrogen) atoms. The van der Waals surface area contributed by atoms with Crippen LogP contribution in [0.2, 0.25) is 0 Å². The van der Waals surface area contributed by atoms with Gasteiger partial charge in [-0.3, -0.25) is 5.43 Å². The number of methoxy groups -OCH3 is 1. The highest BCUT2D eigenvalue weighted by atomic mass is 16.5. The Morgan fingerprint density at radius 3 is 2.82 bits per heavy atom. The summed E-state index contributed by atoms with van der Waals surface area (Å²) in [6.07, 6.45) is 0.846. The average molecular weight is 160 g/mol. The number of hydrogen-bond acceptors (Lipinski definition) is 3. The van der Waals surface area contributed by atoms with Crippen LogP contribution in [0.1, 0.15) is 13.3 Å². The molecule has 1 unspecified atom stereocenters. The van der Waals surface area contributed by atoms with E-state index in [1.165, 1.54) is 0 Å². The molecule has 0 saturated carbocycles. The van der Waals surface area contributed by atoms with E-state index in [1.54, 1.807) is 7.11 Å². The molecule has 1 atom stereocenters. The second-order valence-corrected chi connectivity index (χ2v) is 2.29. The fourth-order valence-corrected chi connectivity index (χ4v) is 0.628. The first-order valence-electron chi connectivity index (χ1n) is 3.49. The second kappa shape index (κ2) is 5.94. The van der Waals surface area contributed by atoms with Crippen LogP contribution in [-0.4, -0.2) is 25.7 Å². The van der Waals surface area contributed by atoms with Crippen LogP contribution in [0.5, 0.6) is 0 Å². The zero-order valence-electron chi connectivity index (χ0n) is 7.00. The van der Waals surface area contributed by atoms with E-state index >= 15 is 0 Å². The topological polar surface area (TPSA) is 85.7 Å². The number of ether oxygens (including phenoxy) is 1. The van der Waals surface area contributed by atoms with Gasteiger partial charge in [-0.15, -0.1) is 0 Å². The Balaban J connectivity index is 3.57. The minimum Gasteiger partial charge on any atom is -0.385 e. The average Bonchev–Trinajstić information content (AvgIpc) is 2.00. The smallest absolute Gasteiger partial charge is 0.203 e. The molecule has 5 heteroatoms. The highest BCUT2D eigenvalue weighted by Gasteiger charge is 1.98. The third-order valence-corrected chi connectivity index (χ3v) is 1.25. The molecule has 0 aliphatic rings. The summed E-state index contributed by atoms with van der Waals surface area (Å²) in [5.41, 5.74) is 7.58. The highest BCUT2D eigenvalue weighted by molar-refractivity contribution is 5.77. The van der Waals surface area contributed by atoms with E-state index in [9.17, 15) is 0 Å². The molecule has 0 aliphatic heterocycles. The molecule has 0 bridgehead atoms. The third kappa shape index (κ3) is 5.63. The number of nitrogens with two attached hydrogens (primary N) is 2. The van der Waals surface area contributed by atoms with E-state index in [0.29, 0.717) is 6.61 Å². The first-order chi connectivity index (χ1) is 5.20. The quantitative estimate of drug-likeness (QED) is 0.217. The van der Waals surface area contributed by atoms with Crippen molar-refractivity contribution in [2.45, 2.75) is 19.4 Å². The number of nitrogens with one attached hydrogen (secondary N) is 1. The van der Waals surface area contributed by atoms with Crippen molar-refractivity contribution in [1.29, 1.82) is 0 Å². The Hall–Kier alpha value is -0.810. The number of aliphatic imine (C=N–C) groups is 1. The Morgan fingerprint density at radius 1 is 1.73 bits per heavy atom. The van der Waals surface area contributed by atoms with Gasteiger partial charge in [0.15, 0.2) is 0 Å². The number of rotatable bonds is 4. The molecule has 0 rings (SSSR count). The minimum atomic E-state index is 0.144. The van der Waals surface area contributed by atoms with E-state index in [2.05, 4.69) is 10.4 Å². The van der Waals surface area contributed by atoms with Gasteiger partial charge in [-0.25, -0.2) is 10.8 Å². The van der Waals surface area contributed by atoms with Crippen molar-refractivity contribution in [1.82, 2.24) is 5.43 Å². The third-order valence-electron chi connectivity index (χ3n) is 1.25. The molecule has 0 saturated heterocycles. The van der Waals surface area contributed by atoms with Gasteiger partial charge in [0, 0.05) is 13.7 Å².